The van der Waals surface area contributed by atoms with Gasteiger partial charge in [0, 0.05) is 32.3 Å². The van der Waals surface area contributed by atoms with Crippen molar-refractivity contribution >= 4 is 58.6 Å². The number of hydrogen-bond donors (Lipinski definition) is 2. The summed E-state index contributed by atoms with van der Waals surface area (Å²) in [5.74, 6) is -0.556. The van der Waals surface area contributed by atoms with Gasteiger partial charge in [0.2, 0.25) is 6.79 Å². The number of halogens is 4. The van der Waals surface area contributed by atoms with E-state index in [1.807, 2.05) is 0 Å². The third-order valence-electron chi connectivity index (χ3n) is 5.35. The van der Waals surface area contributed by atoms with Crippen LogP contribution >= 0.6 is 46.4 Å². The van der Waals surface area contributed by atoms with Crippen molar-refractivity contribution < 1.29 is 19.7 Å². The summed E-state index contributed by atoms with van der Waals surface area (Å²) in [6.07, 6.45) is 2.77. The molecule has 0 amide bonds. The van der Waals surface area contributed by atoms with Gasteiger partial charge in [0.05, 0.1) is 28.1 Å². The molecule has 0 aliphatic carbocycles. The zero-order valence-electron chi connectivity index (χ0n) is 18.1. The number of phenols is 2. The summed E-state index contributed by atoms with van der Waals surface area (Å²) in [5.41, 5.74) is 1.02. The standard InChI is InChI=1S/C26H14Cl4N2O4/c27-18-5-14(25(33)20(29)8-18)3-16(10-31)24(13-1-2-22-23(7-13)36-12-35-22)17(11-32)4-15-6-19(28)9-21(30)26(15)34/h1-9,24,33-34H,12H2/b16-3-,17-4+. The van der Waals surface area contributed by atoms with Crippen molar-refractivity contribution in [2.24, 2.45) is 0 Å². The molecule has 1 atom stereocenters. The average Bonchev–Trinajstić information content (AvgIpc) is 3.31. The Balaban J connectivity index is 1.95. The van der Waals surface area contributed by atoms with Crippen molar-refractivity contribution in [1.82, 2.24) is 0 Å². The van der Waals surface area contributed by atoms with Gasteiger partial charge in [-0.15, -0.1) is 0 Å². The van der Waals surface area contributed by atoms with E-state index >= 15 is 0 Å². The molecule has 2 N–H and O–H groups in total. The van der Waals surface area contributed by atoms with E-state index in [4.69, 9.17) is 55.9 Å². The molecular weight excluding hydrogens is 546 g/mol. The second-order valence-electron chi connectivity index (χ2n) is 7.62. The number of phenolic OH excluding ortho intramolecular Hbond substituents is 2. The molecule has 4 rings (SSSR count). The summed E-state index contributed by atoms with van der Waals surface area (Å²) in [7, 11) is 0. The summed E-state index contributed by atoms with van der Waals surface area (Å²) < 4.78 is 10.9. The number of rotatable bonds is 5. The molecule has 3 aromatic carbocycles. The number of fused-ring (bicyclic) bond motifs is 1. The van der Waals surface area contributed by atoms with Gasteiger partial charge in [-0.3, -0.25) is 0 Å². The zero-order valence-corrected chi connectivity index (χ0v) is 21.1. The molecule has 180 valence electrons. The van der Waals surface area contributed by atoms with Crippen molar-refractivity contribution in [2.45, 2.75) is 5.92 Å². The van der Waals surface area contributed by atoms with E-state index in [1.165, 1.54) is 36.4 Å². The molecule has 0 fully saturated rings. The van der Waals surface area contributed by atoms with Crippen molar-refractivity contribution in [3.8, 4) is 35.1 Å². The SMILES string of the molecule is N#C/C(=C\c1cc(Cl)cc(Cl)c1O)C(/C(C#N)=C\c1cc(Cl)cc(Cl)c1O)c1ccc2c(c1)OCO2. The fourth-order valence-electron chi connectivity index (χ4n) is 3.71. The minimum absolute atomic E-state index is 0.000194. The van der Waals surface area contributed by atoms with Crippen LogP contribution in [0.4, 0.5) is 0 Å². The fourth-order valence-corrected chi connectivity index (χ4v) is 4.72. The second-order valence-corrected chi connectivity index (χ2v) is 9.31. The molecule has 6 nitrogen and oxygen atoms in total. The molecule has 0 radical (unpaired) electrons. The van der Waals surface area contributed by atoms with Crippen LogP contribution in [0.1, 0.15) is 22.6 Å². The maximum atomic E-state index is 10.5. The van der Waals surface area contributed by atoms with Crippen LogP contribution in [-0.2, 0) is 0 Å². The number of aromatic hydroxyl groups is 2. The predicted molar refractivity (Wildman–Crippen MR) is 139 cm³/mol. The molecule has 0 bridgehead atoms. The zero-order chi connectivity index (χ0) is 26.0. The molecule has 1 unspecified atom stereocenters. The first-order valence-electron chi connectivity index (χ1n) is 10.2. The predicted octanol–water partition coefficient (Wildman–Crippen LogP) is 7.74. The van der Waals surface area contributed by atoms with Crippen LogP contribution in [0.25, 0.3) is 12.2 Å². The molecule has 1 heterocycles. The van der Waals surface area contributed by atoms with Crippen LogP contribution in [0.3, 0.4) is 0 Å². The van der Waals surface area contributed by atoms with Gasteiger partial charge < -0.3 is 19.7 Å². The maximum Gasteiger partial charge on any atom is 0.231 e. The summed E-state index contributed by atoms with van der Waals surface area (Å²) in [4.78, 5) is 0. The topological polar surface area (TPSA) is 107 Å². The number of allylic oxidation sites excluding steroid dienone is 2. The smallest absolute Gasteiger partial charge is 0.231 e. The lowest BCUT2D eigenvalue weighted by molar-refractivity contribution is 0.174. The van der Waals surface area contributed by atoms with Gasteiger partial charge >= 0.3 is 0 Å². The van der Waals surface area contributed by atoms with Crippen LogP contribution in [0.2, 0.25) is 20.1 Å². The minimum Gasteiger partial charge on any atom is -0.506 e. The fraction of sp³-hybridized carbons (Fsp3) is 0.0769. The molecule has 36 heavy (non-hydrogen) atoms. The normalized spacial score (nSPS) is 13.7. The minimum atomic E-state index is -0.955. The first kappa shape index (κ1) is 25.6. The highest BCUT2D eigenvalue weighted by Crippen LogP contribution is 2.42. The van der Waals surface area contributed by atoms with Crippen molar-refractivity contribution in [3.05, 3.63) is 90.4 Å². The number of ether oxygens (including phenoxy) is 2. The van der Waals surface area contributed by atoms with Gasteiger partial charge in [-0.2, -0.15) is 10.5 Å². The van der Waals surface area contributed by atoms with Crippen LogP contribution in [0, 0.1) is 22.7 Å². The van der Waals surface area contributed by atoms with Gasteiger partial charge in [-0.25, -0.2) is 0 Å². The lowest BCUT2D eigenvalue weighted by Gasteiger charge is -2.18. The monoisotopic (exact) mass is 558 g/mol. The second kappa shape index (κ2) is 10.6. The van der Waals surface area contributed by atoms with Crippen LogP contribution in [0.5, 0.6) is 23.0 Å². The molecule has 1 aliphatic rings. The Morgan fingerprint density at radius 2 is 1.28 bits per heavy atom. The molecular formula is C26H14Cl4N2O4. The van der Waals surface area contributed by atoms with Gasteiger partial charge in [-0.05, 0) is 54.1 Å². The van der Waals surface area contributed by atoms with Gasteiger partial charge in [0.15, 0.2) is 11.5 Å². The Hall–Kier alpha value is -3.52. The molecule has 10 heteroatoms. The largest absolute Gasteiger partial charge is 0.506 e. The molecule has 1 aliphatic heterocycles. The van der Waals surface area contributed by atoms with E-state index in [1.54, 1.807) is 18.2 Å². The maximum absolute atomic E-state index is 10.5. The summed E-state index contributed by atoms with van der Waals surface area (Å²) >= 11 is 24.3. The average molecular weight is 560 g/mol. The summed E-state index contributed by atoms with van der Waals surface area (Å²) in [6.45, 7) is 0.0368. The van der Waals surface area contributed by atoms with Crippen molar-refractivity contribution in [2.75, 3.05) is 6.79 Å². The Labute approximate surface area is 226 Å². The molecule has 3 aromatic rings. The third-order valence-corrected chi connectivity index (χ3v) is 6.36. The van der Waals surface area contributed by atoms with E-state index in [0.29, 0.717) is 17.1 Å². The van der Waals surface area contributed by atoms with Crippen LogP contribution in [0.15, 0.2) is 53.6 Å². The lowest BCUT2D eigenvalue weighted by atomic mass is 9.83. The Kier molecular flexibility index (Phi) is 7.54. The highest BCUT2D eigenvalue weighted by atomic mass is 35.5. The molecule has 0 saturated heterocycles. The van der Waals surface area contributed by atoms with Gasteiger partial charge in [0.25, 0.3) is 0 Å². The van der Waals surface area contributed by atoms with Crippen molar-refractivity contribution in [1.29, 1.82) is 10.5 Å². The molecule has 0 aromatic heterocycles. The first-order chi connectivity index (χ1) is 17.2. The van der Waals surface area contributed by atoms with Gasteiger partial charge in [0.1, 0.15) is 11.5 Å². The van der Waals surface area contributed by atoms with Crippen molar-refractivity contribution in [3.63, 3.8) is 0 Å². The van der Waals surface area contributed by atoms with E-state index in [9.17, 15) is 20.7 Å². The van der Waals surface area contributed by atoms with E-state index in [-0.39, 0.29) is 60.7 Å². The van der Waals surface area contributed by atoms with Gasteiger partial charge in [-0.1, -0.05) is 52.5 Å². The highest BCUT2D eigenvalue weighted by Gasteiger charge is 2.26. The summed E-state index contributed by atoms with van der Waals surface area (Å²) in [5, 5.41) is 41.7. The molecule has 0 spiro atoms. The van der Waals surface area contributed by atoms with E-state index in [2.05, 4.69) is 12.1 Å². The quantitative estimate of drug-likeness (QED) is 0.310. The number of benzene rings is 3. The van der Waals surface area contributed by atoms with E-state index in [0.717, 1.165) is 0 Å². The third kappa shape index (κ3) is 5.18. The summed E-state index contributed by atoms with van der Waals surface area (Å²) in [6, 6.07) is 14.8. The highest BCUT2D eigenvalue weighted by molar-refractivity contribution is 6.36. The Bertz CT molecular complexity index is 1430. The number of hydrogen-bond acceptors (Lipinski definition) is 6. The molecule has 0 saturated carbocycles. The van der Waals surface area contributed by atoms with E-state index < -0.39 is 5.92 Å². The lowest BCUT2D eigenvalue weighted by Crippen LogP contribution is -2.05. The Morgan fingerprint density at radius 3 is 1.78 bits per heavy atom. The number of nitriles is 2. The van der Waals surface area contributed by atoms with Crippen LogP contribution < -0.4 is 9.47 Å². The number of nitrogens with zero attached hydrogens (tertiary/aromatic N) is 2. The van der Waals surface area contributed by atoms with Crippen LogP contribution in [-0.4, -0.2) is 17.0 Å². The first-order valence-corrected chi connectivity index (χ1v) is 11.7. The Morgan fingerprint density at radius 1 is 0.778 bits per heavy atom.